The van der Waals surface area contributed by atoms with E-state index in [1.165, 1.54) is 12.1 Å². The molecular formula is C13H6BrF3O3S. The molecule has 0 amide bonds. The predicted molar refractivity (Wildman–Crippen MR) is 76.2 cm³/mol. The molecule has 0 aliphatic rings. The van der Waals surface area contributed by atoms with Crippen LogP contribution in [-0.4, -0.2) is 9.72 Å². The molecule has 0 bridgehead atoms. The molecule has 0 aliphatic heterocycles. The summed E-state index contributed by atoms with van der Waals surface area (Å²) >= 11 is -0.0930. The Morgan fingerprint density at radius 3 is 2.33 bits per heavy atom. The third-order valence-electron chi connectivity index (χ3n) is 2.77. The van der Waals surface area contributed by atoms with Gasteiger partial charge in [-0.05, 0) is 30.3 Å². The molecule has 2 aromatic carbocycles. The maximum atomic E-state index is 12.2. The topological polar surface area (TPSA) is 39.4 Å². The SMILES string of the molecule is O=S(Oc1ccc2c(c1)oc1cc(Br)ccc12)C(F)(F)F. The Balaban J connectivity index is 2.04. The molecule has 3 aromatic rings. The summed E-state index contributed by atoms with van der Waals surface area (Å²) in [4.78, 5) is 0. The van der Waals surface area contributed by atoms with Crippen molar-refractivity contribution >= 4 is 48.9 Å². The van der Waals surface area contributed by atoms with Gasteiger partial charge in [-0.25, -0.2) is 4.21 Å². The van der Waals surface area contributed by atoms with Crippen molar-refractivity contribution in [3.05, 3.63) is 40.9 Å². The fraction of sp³-hybridized carbons (Fsp3) is 0.0769. The first-order valence-electron chi connectivity index (χ1n) is 5.63. The molecule has 0 fully saturated rings. The molecule has 0 spiro atoms. The lowest BCUT2D eigenvalue weighted by Crippen LogP contribution is -2.20. The number of fused-ring (bicyclic) bond motifs is 3. The van der Waals surface area contributed by atoms with Crippen molar-refractivity contribution in [2.45, 2.75) is 5.51 Å². The zero-order valence-electron chi connectivity index (χ0n) is 10.1. The fourth-order valence-corrected chi connectivity index (χ4v) is 2.63. The van der Waals surface area contributed by atoms with Gasteiger partial charge >= 0.3 is 16.6 Å². The number of hydrogen-bond donors (Lipinski definition) is 0. The molecule has 1 heterocycles. The largest absolute Gasteiger partial charge is 0.508 e. The molecule has 0 saturated carbocycles. The van der Waals surface area contributed by atoms with E-state index in [0.29, 0.717) is 11.2 Å². The van der Waals surface area contributed by atoms with E-state index in [9.17, 15) is 17.4 Å². The van der Waals surface area contributed by atoms with Crippen LogP contribution in [0.25, 0.3) is 21.9 Å². The second kappa shape index (κ2) is 5.03. The zero-order chi connectivity index (χ0) is 15.2. The lowest BCUT2D eigenvalue weighted by molar-refractivity contribution is -0.0437. The van der Waals surface area contributed by atoms with E-state index < -0.39 is 16.6 Å². The van der Waals surface area contributed by atoms with Crippen LogP contribution < -0.4 is 4.18 Å². The molecule has 1 atom stereocenters. The summed E-state index contributed by atoms with van der Waals surface area (Å²) in [5, 5.41) is 1.57. The number of halogens is 4. The Morgan fingerprint density at radius 1 is 1.05 bits per heavy atom. The van der Waals surface area contributed by atoms with E-state index in [0.717, 1.165) is 15.2 Å². The van der Waals surface area contributed by atoms with Gasteiger partial charge in [0, 0.05) is 21.3 Å². The average molecular weight is 379 g/mol. The summed E-state index contributed by atoms with van der Waals surface area (Å²) in [5.41, 5.74) is -3.97. The highest BCUT2D eigenvalue weighted by Crippen LogP contribution is 2.33. The first-order valence-corrected chi connectivity index (χ1v) is 7.50. The van der Waals surface area contributed by atoms with Crippen molar-refractivity contribution in [1.29, 1.82) is 0 Å². The molecule has 3 nitrogen and oxygen atoms in total. The maximum Gasteiger partial charge on any atom is 0.508 e. The van der Waals surface area contributed by atoms with Crippen molar-refractivity contribution in [2.75, 3.05) is 0 Å². The van der Waals surface area contributed by atoms with Gasteiger partial charge in [0.1, 0.15) is 16.9 Å². The average Bonchev–Trinajstić information content (AvgIpc) is 2.73. The zero-order valence-corrected chi connectivity index (χ0v) is 12.5. The number of benzene rings is 2. The van der Waals surface area contributed by atoms with Gasteiger partial charge in [-0.1, -0.05) is 15.9 Å². The first-order chi connectivity index (χ1) is 9.84. The highest BCUT2D eigenvalue weighted by molar-refractivity contribution is 9.10. The van der Waals surface area contributed by atoms with Crippen molar-refractivity contribution in [2.24, 2.45) is 0 Å². The van der Waals surface area contributed by atoms with Crippen molar-refractivity contribution in [3.8, 4) is 5.75 Å². The van der Waals surface area contributed by atoms with Gasteiger partial charge < -0.3 is 8.60 Å². The summed E-state index contributed by atoms with van der Waals surface area (Å²) in [5.74, 6) is -0.170. The molecule has 1 unspecified atom stereocenters. The minimum absolute atomic E-state index is 0.170. The van der Waals surface area contributed by atoms with E-state index in [1.807, 2.05) is 12.1 Å². The number of hydrogen-bond acceptors (Lipinski definition) is 3. The third kappa shape index (κ3) is 2.77. The molecule has 21 heavy (non-hydrogen) atoms. The van der Waals surface area contributed by atoms with E-state index in [4.69, 9.17) is 4.42 Å². The maximum absolute atomic E-state index is 12.2. The summed E-state index contributed by atoms with van der Waals surface area (Å²) < 4.78 is 58.3. The summed E-state index contributed by atoms with van der Waals surface area (Å²) in [6.07, 6.45) is 0. The van der Waals surface area contributed by atoms with Crippen LogP contribution in [0.2, 0.25) is 0 Å². The predicted octanol–water partition coefficient (Wildman–Crippen LogP) is 4.91. The second-order valence-electron chi connectivity index (χ2n) is 4.16. The van der Waals surface area contributed by atoms with E-state index in [2.05, 4.69) is 20.1 Å². The van der Waals surface area contributed by atoms with Crippen LogP contribution in [0.4, 0.5) is 13.2 Å². The normalized spacial score (nSPS) is 13.7. The third-order valence-corrected chi connectivity index (χ3v) is 3.98. The van der Waals surface area contributed by atoms with Crippen LogP contribution in [0.3, 0.4) is 0 Å². The quantitative estimate of drug-likeness (QED) is 0.635. The van der Waals surface area contributed by atoms with Gasteiger partial charge in [0.25, 0.3) is 0 Å². The smallest absolute Gasteiger partial charge is 0.456 e. The van der Waals surface area contributed by atoms with Crippen LogP contribution >= 0.6 is 15.9 Å². The van der Waals surface area contributed by atoms with Crippen LogP contribution in [0.5, 0.6) is 5.75 Å². The Labute approximate surface area is 127 Å². The Morgan fingerprint density at radius 2 is 1.67 bits per heavy atom. The van der Waals surface area contributed by atoms with Crippen molar-refractivity contribution in [3.63, 3.8) is 0 Å². The summed E-state index contributed by atoms with van der Waals surface area (Å²) in [7, 11) is 0. The van der Waals surface area contributed by atoms with E-state index in [-0.39, 0.29) is 5.75 Å². The molecule has 8 heteroatoms. The number of alkyl halides is 3. The molecule has 0 N–H and O–H groups in total. The van der Waals surface area contributed by atoms with Gasteiger partial charge in [0.05, 0.1) is 0 Å². The monoisotopic (exact) mass is 378 g/mol. The molecular weight excluding hydrogens is 373 g/mol. The lowest BCUT2D eigenvalue weighted by atomic mass is 10.1. The first kappa shape index (κ1) is 14.4. The molecule has 1 aromatic heterocycles. The fourth-order valence-electron chi connectivity index (χ4n) is 1.92. The van der Waals surface area contributed by atoms with Crippen LogP contribution in [0.1, 0.15) is 0 Å². The van der Waals surface area contributed by atoms with Gasteiger partial charge in [-0.15, -0.1) is 0 Å². The Kier molecular flexibility index (Phi) is 3.45. The van der Waals surface area contributed by atoms with Gasteiger partial charge in [0.2, 0.25) is 0 Å². The van der Waals surface area contributed by atoms with Crippen LogP contribution in [0.15, 0.2) is 45.3 Å². The Hall–Kier alpha value is -1.54. The molecule has 0 aliphatic carbocycles. The van der Waals surface area contributed by atoms with Gasteiger partial charge in [-0.2, -0.15) is 13.2 Å². The summed E-state index contributed by atoms with van der Waals surface area (Å²) in [6.45, 7) is 0. The minimum Gasteiger partial charge on any atom is -0.456 e. The molecule has 0 radical (unpaired) electrons. The highest BCUT2D eigenvalue weighted by Gasteiger charge is 2.40. The summed E-state index contributed by atoms with van der Waals surface area (Å²) in [6, 6.07) is 9.59. The number of rotatable bonds is 2. The van der Waals surface area contributed by atoms with E-state index >= 15 is 0 Å². The number of furan rings is 1. The lowest BCUT2D eigenvalue weighted by Gasteiger charge is -2.06. The molecule has 3 rings (SSSR count). The molecule has 0 saturated heterocycles. The Bertz CT molecular complexity index is 857. The standard InChI is InChI=1S/C13H6BrF3O3S/c14-7-1-3-9-10-4-2-8(20-21(18)13(15,16)17)6-12(10)19-11(9)5-7/h1-6H. The van der Waals surface area contributed by atoms with Crippen LogP contribution in [0, 0.1) is 0 Å². The highest BCUT2D eigenvalue weighted by atomic mass is 79.9. The van der Waals surface area contributed by atoms with E-state index in [1.54, 1.807) is 12.1 Å². The second-order valence-corrected chi connectivity index (χ2v) is 6.18. The van der Waals surface area contributed by atoms with Crippen LogP contribution in [-0.2, 0) is 11.1 Å². The van der Waals surface area contributed by atoms with Crippen molar-refractivity contribution in [1.82, 2.24) is 0 Å². The van der Waals surface area contributed by atoms with Gasteiger partial charge in [0.15, 0.2) is 0 Å². The van der Waals surface area contributed by atoms with Crippen molar-refractivity contribution < 1.29 is 26.0 Å². The van der Waals surface area contributed by atoms with Gasteiger partial charge in [-0.3, -0.25) is 0 Å². The molecule has 110 valence electrons. The minimum atomic E-state index is -4.92.